The minimum atomic E-state index is -1.23. The number of carbonyl (C=O) groups is 4. The van der Waals surface area contributed by atoms with E-state index in [1.54, 1.807) is 24.3 Å². The van der Waals surface area contributed by atoms with E-state index in [2.05, 4.69) is 10.6 Å². The molecule has 2 unspecified atom stereocenters. The van der Waals surface area contributed by atoms with E-state index in [1.165, 1.54) is 6.92 Å². The van der Waals surface area contributed by atoms with Crippen LogP contribution in [0.2, 0.25) is 0 Å². The second kappa shape index (κ2) is 9.91. The van der Waals surface area contributed by atoms with Crippen molar-refractivity contribution >= 4 is 23.9 Å². The van der Waals surface area contributed by atoms with Crippen LogP contribution in [-0.4, -0.2) is 41.1 Å². The number of carboxylic acid groups (broad SMARTS) is 1. The van der Waals surface area contributed by atoms with Crippen LogP contribution < -0.4 is 16.4 Å². The van der Waals surface area contributed by atoms with Crippen LogP contribution in [0.1, 0.15) is 25.3 Å². The van der Waals surface area contributed by atoms with E-state index in [1.807, 2.05) is 6.07 Å². The Kier molecular flexibility index (Phi) is 7.91. The number of primary amides is 1. The Morgan fingerprint density at radius 1 is 1.16 bits per heavy atom. The first-order chi connectivity index (χ1) is 11.8. The van der Waals surface area contributed by atoms with Gasteiger partial charge in [0.05, 0.1) is 0 Å². The van der Waals surface area contributed by atoms with Crippen molar-refractivity contribution in [3.8, 4) is 0 Å². The summed E-state index contributed by atoms with van der Waals surface area (Å²) in [4.78, 5) is 45.6. The molecule has 0 saturated heterocycles. The summed E-state index contributed by atoms with van der Waals surface area (Å²) in [6.07, 6.45) is -1.09. The number of benzene rings is 1. The molecule has 136 valence electrons. The molecule has 25 heavy (non-hydrogen) atoms. The summed E-state index contributed by atoms with van der Waals surface area (Å²) in [6, 6.07) is 6.62. The monoisotopic (exact) mass is 351 g/mol. The van der Waals surface area contributed by atoms with Gasteiger partial charge in [-0.3, -0.25) is 14.4 Å². The predicted octanol–water partition coefficient (Wildman–Crippen LogP) is 0.136. The van der Waals surface area contributed by atoms with Crippen LogP contribution in [-0.2, 0) is 25.7 Å². The van der Waals surface area contributed by atoms with E-state index >= 15 is 0 Å². The Morgan fingerprint density at radius 3 is 2.36 bits per heavy atom. The fourth-order valence-corrected chi connectivity index (χ4v) is 1.84. The lowest BCUT2D eigenvalue weighted by atomic mass is 10.1. The number of amides is 3. The van der Waals surface area contributed by atoms with E-state index in [4.69, 9.17) is 15.6 Å². The molecule has 3 amide bonds. The summed E-state index contributed by atoms with van der Waals surface area (Å²) in [6.45, 7) is 1.28. The third kappa shape index (κ3) is 7.82. The number of carbonyl (C=O) groups excluding carboxylic acids is 3. The first-order valence-corrected chi connectivity index (χ1v) is 7.58. The Balaban J connectivity index is 2.61. The SMILES string of the molecule is CC(NC(=O)C(CCC(N)=O)NC(=O)OCc1ccccc1)C(=O)O. The van der Waals surface area contributed by atoms with Gasteiger partial charge in [-0.2, -0.15) is 0 Å². The number of aliphatic carboxylic acids is 1. The maximum atomic E-state index is 12.1. The highest BCUT2D eigenvalue weighted by molar-refractivity contribution is 5.89. The lowest BCUT2D eigenvalue weighted by Gasteiger charge is -2.19. The standard InChI is InChI=1S/C16H21N3O6/c1-10(15(22)23)18-14(21)12(7-8-13(17)20)19-16(24)25-9-11-5-3-2-4-6-11/h2-6,10,12H,7-9H2,1H3,(H2,17,20)(H,18,21)(H,19,24)(H,22,23). The van der Waals surface area contributed by atoms with Crippen molar-refractivity contribution in [1.29, 1.82) is 0 Å². The summed E-state index contributed by atoms with van der Waals surface area (Å²) in [5, 5.41) is 13.4. The highest BCUT2D eigenvalue weighted by Gasteiger charge is 2.25. The average Bonchev–Trinajstić information content (AvgIpc) is 2.57. The van der Waals surface area contributed by atoms with Crippen LogP contribution in [0.5, 0.6) is 0 Å². The van der Waals surface area contributed by atoms with Gasteiger partial charge in [0, 0.05) is 6.42 Å². The molecule has 1 aromatic carbocycles. The number of nitrogens with one attached hydrogen (secondary N) is 2. The third-order valence-electron chi connectivity index (χ3n) is 3.23. The van der Waals surface area contributed by atoms with Crippen molar-refractivity contribution in [3.63, 3.8) is 0 Å². The molecule has 0 aliphatic carbocycles. The highest BCUT2D eigenvalue weighted by Crippen LogP contribution is 2.03. The van der Waals surface area contributed by atoms with Gasteiger partial charge in [-0.15, -0.1) is 0 Å². The van der Waals surface area contributed by atoms with Gasteiger partial charge >= 0.3 is 12.1 Å². The molecule has 2 atom stereocenters. The van der Waals surface area contributed by atoms with Gasteiger partial charge in [0.25, 0.3) is 0 Å². The molecule has 0 saturated carbocycles. The molecule has 5 N–H and O–H groups in total. The van der Waals surface area contributed by atoms with Crippen molar-refractivity contribution in [2.45, 2.75) is 38.5 Å². The zero-order valence-electron chi connectivity index (χ0n) is 13.7. The second-order valence-corrected chi connectivity index (χ2v) is 5.33. The van der Waals surface area contributed by atoms with Crippen molar-refractivity contribution in [2.75, 3.05) is 0 Å². The largest absolute Gasteiger partial charge is 0.480 e. The van der Waals surface area contributed by atoms with Gasteiger partial charge in [-0.1, -0.05) is 30.3 Å². The molecule has 0 fully saturated rings. The number of ether oxygens (including phenoxy) is 1. The van der Waals surface area contributed by atoms with Crippen LogP contribution in [0.15, 0.2) is 30.3 Å². The van der Waals surface area contributed by atoms with Crippen molar-refractivity contribution < 1.29 is 29.0 Å². The van der Waals surface area contributed by atoms with E-state index in [-0.39, 0.29) is 19.4 Å². The molecule has 0 bridgehead atoms. The molecular weight excluding hydrogens is 330 g/mol. The summed E-state index contributed by atoms with van der Waals surface area (Å²) < 4.78 is 5.01. The van der Waals surface area contributed by atoms with Gasteiger partial charge in [-0.05, 0) is 18.9 Å². The lowest BCUT2D eigenvalue weighted by molar-refractivity contribution is -0.141. The Bertz CT molecular complexity index is 620. The van der Waals surface area contributed by atoms with Gasteiger partial charge in [-0.25, -0.2) is 4.79 Å². The molecule has 0 aromatic heterocycles. The quantitative estimate of drug-likeness (QED) is 0.497. The molecule has 0 spiro atoms. The Morgan fingerprint density at radius 2 is 1.80 bits per heavy atom. The van der Waals surface area contributed by atoms with Crippen LogP contribution in [0, 0.1) is 0 Å². The molecule has 9 heteroatoms. The normalized spacial score (nSPS) is 12.5. The van der Waals surface area contributed by atoms with Gasteiger partial charge in [0.2, 0.25) is 11.8 Å². The molecule has 1 aromatic rings. The van der Waals surface area contributed by atoms with Crippen LogP contribution >= 0.6 is 0 Å². The van der Waals surface area contributed by atoms with E-state index < -0.39 is 36.0 Å². The number of carboxylic acids is 1. The highest BCUT2D eigenvalue weighted by atomic mass is 16.5. The van der Waals surface area contributed by atoms with Gasteiger partial charge in [0.15, 0.2) is 0 Å². The molecule has 1 rings (SSSR count). The Labute approximate surface area is 144 Å². The van der Waals surface area contributed by atoms with E-state index in [9.17, 15) is 19.2 Å². The summed E-state index contributed by atoms with van der Waals surface area (Å²) in [5.41, 5.74) is 5.81. The Hall–Kier alpha value is -3.10. The molecule has 0 heterocycles. The zero-order valence-corrected chi connectivity index (χ0v) is 13.7. The van der Waals surface area contributed by atoms with Crippen LogP contribution in [0.4, 0.5) is 4.79 Å². The van der Waals surface area contributed by atoms with Crippen molar-refractivity contribution in [3.05, 3.63) is 35.9 Å². The maximum absolute atomic E-state index is 12.1. The van der Waals surface area contributed by atoms with Crippen LogP contribution in [0.3, 0.4) is 0 Å². The topological polar surface area (TPSA) is 148 Å². The zero-order chi connectivity index (χ0) is 18.8. The average molecular weight is 351 g/mol. The number of alkyl carbamates (subject to hydrolysis) is 1. The van der Waals surface area contributed by atoms with E-state index in [0.29, 0.717) is 0 Å². The predicted molar refractivity (Wildman–Crippen MR) is 87.2 cm³/mol. The number of hydrogen-bond donors (Lipinski definition) is 4. The van der Waals surface area contributed by atoms with Gasteiger partial charge < -0.3 is 26.2 Å². The first kappa shape index (κ1) is 19.9. The number of nitrogens with two attached hydrogens (primary N) is 1. The fourth-order valence-electron chi connectivity index (χ4n) is 1.84. The molecule has 9 nitrogen and oxygen atoms in total. The number of hydrogen-bond acceptors (Lipinski definition) is 5. The molecule has 0 radical (unpaired) electrons. The van der Waals surface area contributed by atoms with Crippen molar-refractivity contribution in [1.82, 2.24) is 10.6 Å². The molecule has 0 aliphatic heterocycles. The molecule has 0 aliphatic rings. The summed E-state index contributed by atoms with van der Waals surface area (Å²) in [5.74, 6) is -2.62. The lowest BCUT2D eigenvalue weighted by Crippen LogP contribution is -2.51. The first-order valence-electron chi connectivity index (χ1n) is 7.58. The second-order valence-electron chi connectivity index (χ2n) is 5.33. The van der Waals surface area contributed by atoms with E-state index in [0.717, 1.165) is 5.56 Å². The maximum Gasteiger partial charge on any atom is 0.408 e. The third-order valence-corrected chi connectivity index (χ3v) is 3.23. The molecular formula is C16H21N3O6. The van der Waals surface area contributed by atoms with Gasteiger partial charge in [0.1, 0.15) is 18.7 Å². The minimum Gasteiger partial charge on any atom is -0.480 e. The smallest absolute Gasteiger partial charge is 0.408 e. The summed E-state index contributed by atoms with van der Waals surface area (Å²) in [7, 11) is 0. The summed E-state index contributed by atoms with van der Waals surface area (Å²) >= 11 is 0. The fraction of sp³-hybridized carbons (Fsp3) is 0.375. The minimum absolute atomic E-state index is 0.00234. The van der Waals surface area contributed by atoms with Crippen molar-refractivity contribution in [2.24, 2.45) is 5.73 Å². The van der Waals surface area contributed by atoms with Crippen LogP contribution in [0.25, 0.3) is 0 Å². The number of rotatable bonds is 9.